The van der Waals surface area contributed by atoms with Crippen molar-refractivity contribution in [1.29, 1.82) is 0 Å². The molecule has 0 spiro atoms. The first-order chi connectivity index (χ1) is 6.62. The summed E-state index contributed by atoms with van der Waals surface area (Å²) >= 11 is 0. The molecule has 1 heterocycles. The molecule has 0 radical (unpaired) electrons. The highest BCUT2D eigenvalue weighted by Gasteiger charge is 2.25. The average Bonchev–Trinajstić information content (AvgIpc) is 2.42. The van der Waals surface area contributed by atoms with Gasteiger partial charge in [0.2, 0.25) is 0 Å². The lowest BCUT2D eigenvalue weighted by Gasteiger charge is -2.35. The van der Waals surface area contributed by atoms with E-state index < -0.39 is 0 Å². The second-order valence-electron chi connectivity index (χ2n) is 3.80. The Morgan fingerprint density at radius 2 is 2.07 bits per heavy atom. The van der Waals surface area contributed by atoms with Crippen molar-refractivity contribution in [2.24, 2.45) is 10.8 Å². The van der Waals surface area contributed by atoms with Crippen LogP contribution in [0.1, 0.15) is 33.6 Å². The number of hydrazone groups is 1. The van der Waals surface area contributed by atoms with E-state index >= 15 is 0 Å². The van der Waals surface area contributed by atoms with Crippen molar-refractivity contribution in [2.45, 2.75) is 39.2 Å². The third kappa shape index (κ3) is 2.16. The van der Waals surface area contributed by atoms with Crippen LogP contribution in [0.2, 0.25) is 0 Å². The lowest BCUT2D eigenvalue weighted by Crippen LogP contribution is -2.38. The van der Waals surface area contributed by atoms with Crippen LogP contribution in [0, 0.1) is 0 Å². The fourth-order valence-electron chi connectivity index (χ4n) is 1.34. The minimum Gasteiger partial charge on any atom is -0.397 e. The number of hydrogen-bond acceptors (Lipinski definition) is 3. The summed E-state index contributed by atoms with van der Waals surface area (Å²) < 4.78 is 0. The Bertz CT molecular complexity index is 272. The van der Waals surface area contributed by atoms with Crippen LogP contribution in [-0.2, 0) is 0 Å². The molecule has 3 heteroatoms. The van der Waals surface area contributed by atoms with E-state index in [9.17, 15) is 0 Å². The van der Waals surface area contributed by atoms with E-state index in [1.54, 1.807) is 6.21 Å². The Morgan fingerprint density at radius 1 is 1.43 bits per heavy atom. The van der Waals surface area contributed by atoms with E-state index in [1.807, 2.05) is 23.4 Å². The number of nitrogens with two attached hydrogens (primary N) is 1. The largest absolute Gasteiger partial charge is 0.397 e. The molecule has 3 nitrogen and oxygen atoms in total. The minimum absolute atomic E-state index is 0.0887. The molecule has 0 aromatic heterocycles. The third-order valence-electron chi connectivity index (χ3n) is 2.92. The SMILES string of the molecule is CCC(C)(CC)N1C=CC=C(N)C=N1. The lowest BCUT2D eigenvalue weighted by atomic mass is 9.95. The predicted octanol–water partition coefficient (Wildman–Crippen LogP) is 2.22. The van der Waals surface area contributed by atoms with Gasteiger partial charge in [0.15, 0.2) is 0 Å². The van der Waals surface area contributed by atoms with Crippen molar-refractivity contribution < 1.29 is 0 Å². The van der Waals surface area contributed by atoms with Gasteiger partial charge in [0.1, 0.15) is 0 Å². The van der Waals surface area contributed by atoms with Crippen LogP contribution in [0.25, 0.3) is 0 Å². The van der Waals surface area contributed by atoms with Gasteiger partial charge in [-0.3, -0.25) is 5.01 Å². The van der Waals surface area contributed by atoms with Crippen LogP contribution in [-0.4, -0.2) is 16.8 Å². The molecule has 14 heavy (non-hydrogen) atoms. The molecule has 0 fully saturated rings. The number of allylic oxidation sites excluding steroid dienone is 3. The molecule has 0 amide bonds. The molecule has 0 unspecified atom stereocenters. The molecule has 0 saturated carbocycles. The normalized spacial score (nSPS) is 16.8. The van der Waals surface area contributed by atoms with Crippen LogP contribution in [0.15, 0.2) is 29.2 Å². The van der Waals surface area contributed by atoms with E-state index in [4.69, 9.17) is 5.73 Å². The number of hydrogen-bond donors (Lipinski definition) is 1. The van der Waals surface area contributed by atoms with Crippen molar-refractivity contribution in [2.75, 3.05) is 0 Å². The molecule has 0 atom stereocenters. The van der Waals surface area contributed by atoms with Crippen molar-refractivity contribution in [3.8, 4) is 0 Å². The molecule has 0 aliphatic carbocycles. The van der Waals surface area contributed by atoms with Gasteiger partial charge in [-0.25, -0.2) is 0 Å². The zero-order valence-electron chi connectivity index (χ0n) is 9.20. The van der Waals surface area contributed by atoms with Crippen LogP contribution >= 0.6 is 0 Å². The maximum Gasteiger partial charge on any atom is 0.0704 e. The molecule has 0 aromatic carbocycles. The Hall–Kier alpha value is -1.25. The highest BCUT2D eigenvalue weighted by atomic mass is 15.5. The van der Waals surface area contributed by atoms with Crippen LogP contribution in [0.4, 0.5) is 0 Å². The Morgan fingerprint density at radius 3 is 2.64 bits per heavy atom. The van der Waals surface area contributed by atoms with Crippen molar-refractivity contribution in [1.82, 2.24) is 5.01 Å². The lowest BCUT2D eigenvalue weighted by molar-refractivity contribution is 0.159. The van der Waals surface area contributed by atoms with Crippen LogP contribution < -0.4 is 5.73 Å². The summed E-state index contributed by atoms with van der Waals surface area (Å²) in [5.74, 6) is 0. The summed E-state index contributed by atoms with van der Waals surface area (Å²) in [7, 11) is 0. The van der Waals surface area contributed by atoms with Gasteiger partial charge < -0.3 is 5.73 Å². The molecule has 0 aromatic rings. The fourth-order valence-corrected chi connectivity index (χ4v) is 1.34. The van der Waals surface area contributed by atoms with E-state index in [-0.39, 0.29) is 5.54 Å². The van der Waals surface area contributed by atoms with E-state index in [1.165, 1.54) is 0 Å². The van der Waals surface area contributed by atoms with Gasteiger partial charge in [0, 0.05) is 6.20 Å². The summed E-state index contributed by atoms with van der Waals surface area (Å²) in [5, 5.41) is 6.34. The van der Waals surface area contributed by atoms with E-state index in [2.05, 4.69) is 25.9 Å². The first-order valence-corrected chi connectivity index (χ1v) is 5.09. The van der Waals surface area contributed by atoms with Gasteiger partial charge in [-0.05, 0) is 31.9 Å². The molecule has 2 N–H and O–H groups in total. The third-order valence-corrected chi connectivity index (χ3v) is 2.92. The monoisotopic (exact) mass is 193 g/mol. The van der Waals surface area contributed by atoms with Gasteiger partial charge in [0.25, 0.3) is 0 Å². The molecule has 0 bridgehead atoms. The Kier molecular flexibility index (Phi) is 3.33. The summed E-state index contributed by atoms with van der Waals surface area (Å²) in [6, 6.07) is 0. The molecular weight excluding hydrogens is 174 g/mol. The zero-order valence-corrected chi connectivity index (χ0v) is 9.20. The molecule has 78 valence electrons. The fraction of sp³-hybridized carbons (Fsp3) is 0.545. The Balaban J connectivity index is 2.85. The van der Waals surface area contributed by atoms with Gasteiger partial charge in [-0.1, -0.05) is 13.8 Å². The molecular formula is C11H19N3. The van der Waals surface area contributed by atoms with Gasteiger partial charge in [-0.15, -0.1) is 0 Å². The molecule has 0 saturated heterocycles. The van der Waals surface area contributed by atoms with Crippen molar-refractivity contribution in [3.05, 3.63) is 24.0 Å². The first-order valence-electron chi connectivity index (χ1n) is 5.09. The highest BCUT2D eigenvalue weighted by Crippen LogP contribution is 2.24. The van der Waals surface area contributed by atoms with Crippen molar-refractivity contribution in [3.63, 3.8) is 0 Å². The molecule has 1 aliphatic rings. The summed E-state index contributed by atoms with van der Waals surface area (Å²) in [6.45, 7) is 6.55. The zero-order chi connectivity index (χ0) is 10.6. The predicted molar refractivity (Wildman–Crippen MR) is 60.7 cm³/mol. The van der Waals surface area contributed by atoms with Gasteiger partial charge in [-0.2, -0.15) is 5.10 Å². The molecule has 1 aliphatic heterocycles. The molecule has 1 rings (SSSR count). The second-order valence-corrected chi connectivity index (χ2v) is 3.80. The van der Waals surface area contributed by atoms with Crippen molar-refractivity contribution >= 4 is 6.21 Å². The van der Waals surface area contributed by atoms with E-state index in [0.29, 0.717) is 5.70 Å². The number of nitrogens with zero attached hydrogens (tertiary/aromatic N) is 2. The smallest absolute Gasteiger partial charge is 0.0704 e. The highest BCUT2D eigenvalue weighted by molar-refractivity contribution is 5.77. The average molecular weight is 193 g/mol. The van der Waals surface area contributed by atoms with E-state index in [0.717, 1.165) is 12.8 Å². The minimum atomic E-state index is 0.0887. The van der Waals surface area contributed by atoms with Crippen LogP contribution in [0.3, 0.4) is 0 Å². The summed E-state index contributed by atoms with van der Waals surface area (Å²) in [4.78, 5) is 0. The topological polar surface area (TPSA) is 41.6 Å². The second kappa shape index (κ2) is 4.31. The number of rotatable bonds is 3. The standard InChI is InChI=1S/C11H19N3/c1-4-11(3,5-2)14-8-6-7-10(12)9-13-14/h6-9H,4-5,12H2,1-3H3. The Labute approximate surface area is 86.0 Å². The maximum absolute atomic E-state index is 5.66. The quantitative estimate of drug-likeness (QED) is 0.746. The van der Waals surface area contributed by atoms with Crippen LogP contribution in [0.5, 0.6) is 0 Å². The first kappa shape index (κ1) is 10.8. The van der Waals surface area contributed by atoms with Gasteiger partial charge in [0.05, 0.1) is 17.5 Å². The summed E-state index contributed by atoms with van der Waals surface area (Å²) in [5.41, 5.74) is 6.44. The summed E-state index contributed by atoms with van der Waals surface area (Å²) in [6.07, 6.45) is 9.59. The van der Waals surface area contributed by atoms with Gasteiger partial charge >= 0.3 is 0 Å². The maximum atomic E-state index is 5.66.